The molecule has 0 aliphatic carbocycles. The van der Waals surface area contributed by atoms with Crippen LogP contribution in [0.4, 0.5) is 0 Å². The summed E-state index contributed by atoms with van der Waals surface area (Å²) in [6.45, 7) is -0.335. The van der Waals surface area contributed by atoms with Crippen LogP contribution in [-0.2, 0) is 4.74 Å². The number of aromatic amines is 1. The van der Waals surface area contributed by atoms with Gasteiger partial charge in [-0.1, -0.05) is 0 Å². The molecule has 7 nitrogen and oxygen atoms in total. The number of aromatic nitrogens is 2. The molecule has 2 aromatic heterocycles. The second-order valence-electron chi connectivity index (χ2n) is 4.96. The Labute approximate surface area is 136 Å². The fourth-order valence-corrected chi connectivity index (χ4v) is 3.92. The van der Waals surface area contributed by atoms with E-state index in [9.17, 15) is 14.7 Å². The maximum atomic E-state index is 12.0. The van der Waals surface area contributed by atoms with Crippen molar-refractivity contribution in [3.8, 4) is 11.1 Å². The Morgan fingerprint density at radius 2 is 2.18 bits per heavy atom. The molecule has 0 unspecified atom stereocenters. The maximum Gasteiger partial charge on any atom is 0.330 e. The molecule has 1 aliphatic heterocycles. The van der Waals surface area contributed by atoms with Gasteiger partial charge >= 0.3 is 5.69 Å². The summed E-state index contributed by atoms with van der Waals surface area (Å²) in [7, 11) is 0. The molecule has 118 valence electrons. The summed E-state index contributed by atoms with van der Waals surface area (Å²) < 4.78 is 7.46. The van der Waals surface area contributed by atoms with Crippen LogP contribution in [0.3, 0.4) is 0 Å². The van der Waals surface area contributed by atoms with Gasteiger partial charge in [-0.05, 0) is 21.3 Å². The van der Waals surface area contributed by atoms with Crippen molar-refractivity contribution in [2.45, 2.75) is 24.9 Å². The van der Waals surface area contributed by atoms with Crippen molar-refractivity contribution in [3.63, 3.8) is 0 Å². The summed E-state index contributed by atoms with van der Waals surface area (Å²) in [6.07, 6.45) is -0.731. The van der Waals surface area contributed by atoms with Gasteiger partial charge in [0.2, 0.25) is 0 Å². The fourth-order valence-electron chi connectivity index (χ4n) is 2.42. The van der Waals surface area contributed by atoms with Gasteiger partial charge in [-0.3, -0.25) is 14.3 Å². The van der Waals surface area contributed by atoms with E-state index in [1.54, 1.807) is 5.38 Å². The number of rotatable bonds is 3. The van der Waals surface area contributed by atoms with Crippen LogP contribution in [0, 0.1) is 0 Å². The zero-order chi connectivity index (χ0) is 15.9. The molecule has 0 aromatic carbocycles. The molecule has 0 amide bonds. The number of nitrogens with one attached hydrogen (secondary N) is 1. The molecule has 3 rings (SSSR count). The lowest BCUT2D eigenvalue weighted by atomic mass is 10.2. The van der Waals surface area contributed by atoms with Crippen LogP contribution >= 0.6 is 27.3 Å². The molecule has 0 saturated carbocycles. The Kier molecular flexibility index (Phi) is 4.33. The quantitative estimate of drug-likeness (QED) is 0.716. The van der Waals surface area contributed by atoms with Crippen molar-refractivity contribution in [3.05, 3.63) is 42.3 Å². The third kappa shape index (κ3) is 2.70. The van der Waals surface area contributed by atoms with E-state index in [-0.39, 0.29) is 13.0 Å². The van der Waals surface area contributed by atoms with Crippen molar-refractivity contribution >= 4 is 27.3 Å². The van der Waals surface area contributed by atoms with E-state index in [1.807, 2.05) is 5.38 Å². The second kappa shape index (κ2) is 6.09. The van der Waals surface area contributed by atoms with Crippen molar-refractivity contribution in [2.24, 2.45) is 0 Å². The third-order valence-corrected chi connectivity index (χ3v) is 5.27. The first-order valence-electron chi connectivity index (χ1n) is 6.53. The summed E-state index contributed by atoms with van der Waals surface area (Å²) in [5, 5.41) is 22.5. The van der Waals surface area contributed by atoms with E-state index in [0.29, 0.717) is 11.1 Å². The van der Waals surface area contributed by atoms with Gasteiger partial charge in [0.05, 0.1) is 18.3 Å². The SMILES string of the molecule is O=c1[nH]c(=O)n([C@H]2C[C@H](O)[C@@H](CO)O2)cc1-c1cscc1Br. The summed E-state index contributed by atoms with van der Waals surface area (Å²) in [6, 6.07) is 0. The van der Waals surface area contributed by atoms with Gasteiger partial charge in [-0.25, -0.2) is 4.79 Å². The average Bonchev–Trinajstić information content (AvgIpc) is 3.05. The number of thiophene rings is 1. The summed E-state index contributed by atoms with van der Waals surface area (Å²) in [5.74, 6) is 0. The van der Waals surface area contributed by atoms with Gasteiger partial charge in [0.25, 0.3) is 5.56 Å². The number of hydrogen-bond donors (Lipinski definition) is 3. The molecule has 1 fully saturated rings. The van der Waals surface area contributed by atoms with Crippen molar-refractivity contribution in [1.82, 2.24) is 9.55 Å². The summed E-state index contributed by atoms with van der Waals surface area (Å²) >= 11 is 4.79. The standard InChI is InChI=1S/C13H13BrN2O5S/c14-8-5-22-4-7(8)6-2-16(13(20)15-12(6)19)11-1-9(18)10(3-17)21-11/h2,4-5,9-11,17-18H,1,3H2,(H,15,19,20)/t9-,10+,11+/m0/s1. The first kappa shape index (κ1) is 15.6. The predicted molar refractivity (Wildman–Crippen MR) is 84.0 cm³/mol. The minimum atomic E-state index is -0.856. The van der Waals surface area contributed by atoms with Crippen LogP contribution in [-0.4, -0.2) is 38.6 Å². The highest BCUT2D eigenvalue weighted by Gasteiger charge is 2.35. The number of ether oxygens (including phenoxy) is 1. The molecule has 2 aromatic rings. The predicted octanol–water partition coefficient (Wildman–Crippen LogP) is 0.668. The lowest BCUT2D eigenvalue weighted by Gasteiger charge is -2.15. The first-order chi connectivity index (χ1) is 10.5. The summed E-state index contributed by atoms with van der Waals surface area (Å²) in [5.41, 5.74) is -0.0935. The Hall–Kier alpha value is -1.26. The Morgan fingerprint density at radius 3 is 2.77 bits per heavy atom. The molecule has 3 N–H and O–H groups in total. The molecule has 0 bridgehead atoms. The number of H-pyrrole nitrogens is 1. The molecular weight excluding hydrogens is 376 g/mol. The molecule has 0 spiro atoms. The normalized spacial score (nSPS) is 24.8. The minimum Gasteiger partial charge on any atom is -0.394 e. The number of aliphatic hydroxyl groups is 2. The Bertz CT molecular complexity index is 798. The van der Waals surface area contributed by atoms with E-state index in [2.05, 4.69) is 20.9 Å². The lowest BCUT2D eigenvalue weighted by molar-refractivity contribution is -0.0458. The zero-order valence-corrected chi connectivity index (χ0v) is 13.6. The van der Waals surface area contributed by atoms with Gasteiger partial charge in [0.15, 0.2) is 0 Å². The Morgan fingerprint density at radius 1 is 1.41 bits per heavy atom. The van der Waals surface area contributed by atoms with E-state index >= 15 is 0 Å². The molecule has 3 atom stereocenters. The largest absolute Gasteiger partial charge is 0.394 e. The van der Waals surface area contributed by atoms with Crippen molar-refractivity contribution in [1.29, 1.82) is 0 Å². The Balaban J connectivity index is 2.05. The van der Waals surface area contributed by atoms with Crippen molar-refractivity contribution < 1.29 is 14.9 Å². The number of halogens is 1. The maximum absolute atomic E-state index is 12.0. The van der Waals surface area contributed by atoms with Gasteiger partial charge in [0, 0.05) is 28.0 Å². The first-order valence-corrected chi connectivity index (χ1v) is 8.26. The molecule has 3 heterocycles. The van der Waals surface area contributed by atoms with E-state index in [1.165, 1.54) is 22.1 Å². The van der Waals surface area contributed by atoms with Crippen LogP contribution in [0.1, 0.15) is 12.6 Å². The van der Waals surface area contributed by atoms with Gasteiger partial charge in [-0.15, -0.1) is 0 Å². The van der Waals surface area contributed by atoms with Crippen LogP contribution in [0.5, 0.6) is 0 Å². The monoisotopic (exact) mass is 388 g/mol. The number of hydrogen-bond acceptors (Lipinski definition) is 6. The zero-order valence-electron chi connectivity index (χ0n) is 11.2. The highest BCUT2D eigenvalue weighted by molar-refractivity contribution is 9.10. The smallest absolute Gasteiger partial charge is 0.330 e. The number of aliphatic hydroxyl groups excluding tert-OH is 2. The summed E-state index contributed by atoms with van der Waals surface area (Å²) in [4.78, 5) is 26.3. The second-order valence-corrected chi connectivity index (χ2v) is 6.56. The molecule has 1 aliphatic rings. The van der Waals surface area contributed by atoms with Gasteiger partial charge in [-0.2, -0.15) is 11.3 Å². The topological polar surface area (TPSA) is 105 Å². The van der Waals surface area contributed by atoms with Crippen molar-refractivity contribution in [2.75, 3.05) is 6.61 Å². The van der Waals surface area contributed by atoms with Crippen LogP contribution in [0.2, 0.25) is 0 Å². The van der Waals surface area contributed by atoms with Crippen LogP contribution in [0.25, 0.3) is 11.1 Å². The third-order valence-electron chi connectivity index (χ3n) is 3.57. The molecule has 9 heteroatoms. The molecule has 0 radical (unpaired) electrons. The fraction of sp³-hybridized carbons (Fsp3) is 0.385. The molecule has 22 heavy (non-hydrogen) atoms. The number of nitrogens with zero attached hydrogens (tertiary/aromatic N) is 1. The highest BCUT2D eigenvalue weighted by atomic mass is 79.9. The average molecular weight is 389 g/mol. The minimum absolute atomic E-state index is 0.168. The highest BCUT2D eigenvalue weighted by Crippen LogP contribution is 2.31. The van der Waals surface area contributed by atoms with Crippen LogP contribution in [0.15, 0.2) is 31.0 Å². The van der Waals surface area contributed by atoms with Gasteiger partial charge < -0.3 is 14.9 Å². The van der Waals surface area contributed by atoms with E-state index < -0.39 is 29.7 Å². The van der Waals surface area contributed by atoms with Crippen LogP contribution < -0.4 is 11.2 Å². The lowest BCUT2D eigenvalue weighted by Crippen LogP contribution is -2.33. The van der Waals surface area contributed by atoms with E-state index in [4.69, 9.17) is 9.84 Å². The van der Waals surface area contributed by atoms with E-state index in [0.717, 1.165) is 4.47 Å². The van der Waals surface area contributed by atoms with Gasteiger partial charge in [0.1, 0.15) is 12.3 Å². The molecule has 1 saturated heterocycles. The molecular formula is C13H13BrN2O5S.